The van der Waals surface area contributed by atoms with Crippen LogP contribution in [-0.4, -0.2) is 52.8 Å². The van der Waals surface area contributed by atoms with Crippen LogP contribution in [0.15, 0.2) is 30.3 Å². The minimum atomic E-state index is 0.0239. The number of aromatic nitrogens is 2. The first-order chi connectivity index (χ1) is 13.7. The molecule has 1 aromatic carbocycles. The third-order valence-electron chi connectivity index (χ3n) is 6.38. The number of hydrogen-bond acceptors (Lipinski definition) is 4. The Bertz CT molecular complexity index is 825. The number of carbonyl (C=O) groups excluding carboxylic acids is 1. The molecular formula is C22H30N4O2. The summed E-state index contributed by atoms with van der Waals surface area (Å²) < 4.78 is 5.43. The molecule has 2 aromatic rings. The number of H-pyrrole nitrogens is 1. The third-order valence-corrected chi connectivity index (χ3v) is 6.38. The van der Waals surface area contributed by atoms with Crippen LogP contribution < -0.4 is 10.1 Å². The van der Waals surface area contributed by atoms with Crippen molar-refractivity contribution in [2.45, 2.75) is 57.0 Å². The predicted molar refractivity (Wildman–Crippen MR) is 110 cm³/mol. The second-order valence-electron chi connectivity index (χ2n) is 8.04. The van der Waals surface area contributed by atoms with Crippen molar-refractivity contribution in [1.29, 1.82) is 0 Å². The summed E-state index contributed by atoms with van der Waals surface area (Å²) in [6, 6.07) is 9.80. The Labute approximate surface area is 166 Å². The molecule has 1 aromatic heterocycles. The highest BCUT2D eigenvalue weighted by molar-refractivity contribution is 5.93. The van der Waals surface area contributed by atoms with Crippen LogP contribution in [0.25, 0.3) is 11.3 Å². The zero-order chi connectivity index (χ0) is 19.6. The lowest BCUT2D eigenvalue weighted by Gasteiger charge is -2.34. The van der Waals surface area contributed by atoms with Crippen LogP contribution in [0.1, 0.15) is 55.9 Å². The van der Waals surface area contributed by atoms with Crippen molar-refractivity contribution in [3.8, 4) is 17.0 Å². The largest absolute Gasteiger partial charge is 0.496 e. The zero-order valence-corrected chi connectivity index (χ0v) is 16.8. The highest BCUT2D eigenvalue weighted by Crippen LogP contribution is 2.37. The van der Waals surface area contributed by atoms with Gasteiger partial charge in [-0.1, -0.05) is 31.4 Å². The van der Waals surface area contributed by atoms with Gasteiger partial charge in [0, 0.05) is 30.2 Å². The van der Waals surface area contributed by atoms with E-state index in [-0.39, 0.29) is 17.5 Å². The maximum atomic E-state index is 13.2. The summed E-state index contributed by atoms with van der Waals surface area (Å²) in [6.45, 7) is 3.64. The highest BCUT2D eigenvalue weighted by atomic mass is 16.5. The summed E-state index contributed by atoms with van der Waals surface area (Å²) in [5.74, 6) is 0.774. The molecule has 6 nitrogen and oxygen atoms in total. The first-order valence-electron chi connectivity index (χ1n) is 10.4. The molecule has 1 saturated heterocycles. The van der Waals surface area contributed by atoms with E-state index in [0.717, 1.165) is 30.0 Å². The van der Waals surface area contributed by atoms with Crippen LogP contribution in [-0.2, 0) is 0 Å². The van der Waals surface area contributed by atoms with Crippen LogP contribution >= 0.6 is 0 Å². The number of ether oxygens (including phenoxy) is 1. The molecule has 1 saturated carbocycles. The van der Waals surface area contributed by atoms with Gasteiger partial charge in [0.25, 0.3) is 5.91 Å². The molecule has 0 bridgehead atoms. The van der Waals surface area contributed by atoms with E-state index in [1.165, 1.54) is 32.1 Å². The second-order valence-corrected chi connectivity index (χ2v) is 8.04. The monoisotopic (exact) mass is 382 g/mol. The fraction of sp³-hybridized carbons (Fsp3) is 0.545. The number of nitrogens with one attached hydrogen (secondary N) is 2. The molecule has 2 aliphatic rings. The predicted octanol–water partition coefficient (Wildman–Crippen LogP) is 3.61. The number of carbonyl (C=O) groups is 1. The third kappa shape index (κ3) is 3.53. The van der Waals surface area contributed by atoms with E-state index in [0.29, 0.717) is 12.2 Å². The molecule has 1 unspecified atom stereocenters. The molecule has 28 heavy (non-hydrogen) atoms. The lowest BCUT2D eigenvalue weighted by molar-refractivity contribution is 0.0688. The lowest BCUT2D eigenvalue weighted by Crippen LogP contribution is -2.42. The number of methoxy groups -OCH3 is 1. The summed E-state index contributed by atoms with van der Waals surface area (Å²) in [5.41, 5.74) is 2.39. The molecule has 2 fully saturated rings. The van der Waals surface area contributed by atoms with Gasteiger partial charge in [-0.3, -0.25) is 9.89 Å². The van der Waals surface area contributed by atoms with E-state index in [9.17, 15) is 4.79 Å². The fourth-order valence-electron chi connectivity index (χ4n) is 4.91. The van der Waals surface area contributed by atoms with E-state index in [1.54, 1.807) is 7.11 Å². The Balaban J connectivity index is 1.51. The number of benzene rings is 1. The first kappa shape index (κ1) is 19.0. The number of rotatable bonds is 5. The number of hydrogen-bond donors (Lipinski definition) is 2. The van der Waals surface area contributed by atoms with E-state index < -0.39 is 0 Å². The lowest BCUT2D eigenvalue weighted by atomic mass is 9.80. The minimum Gasteiger partial charge on any atom is -0.496 e. The fourth-order valence-corrected chi connectivity index (χ4v) is 4.91. The van der Waals surface area contributed by atoms with Crippen molar-refractivity contribution < 1.29 is 9.53 Å². The topological polar surface area (TPSA) is 70.2 Å². The van der Waals surface area contributed by atoms with Crippen LogP contribution in [0.3, 0.4) is 0 Å². The quantitative estimate of drug-likeness (QED) is 0.829. The van der Waals surface area contributed by atoms with E-state index >= 15 is 0 Å². The Kier molecular flexibility index (Phi) is 5.40. The molecule has 6 heteroatoms. The molecule has 150 valence electrons. The van der Waals surface area contributed by atoms with Gasteiger partial charge in [0.1, 0.15) is 11.4 Å². The van der Waals surface area contributed by atoms with Crippen LogP contribution in [0.5, 0.6) is 5.75 Å². The Morgan fingerprint density at radius 1 is 1.29 bits per heavy atom. The normalized spacial score (nSPS) is 21.0. The van der Waals surface area contributed by atoms with Gasteiger partial charge in [-0.2, -0.15) is 5.10 Å². The summed E-state index contributed by atoms with van der Waals surface area (Å²) >= 11 is 0. The van der Waals surface area contributed by atoms with E-state index in [2.05, 4.69) is 22.4 Å². The molecule has 2 N–H and O–H groups in total. The molecule has 2 heterocycles. The number of nitrogens with zero attached hydrogens (tertiary/aromatic N) is 2. The summed E-state index contributed by atoms with van der Waals surface area (Å²) in [4.78, 5) is 15.2. The summed E-state index contributed by atoms with van der Waals surface area (Å²) in [6.07, 6.45) is 7.45. The molecule has 1 aliphatic heterocycles. The highest BCUT2D eigenvalue weighted by Gasteiger charge is 2.42. The first-order valence-corrected chi connectivity index (χ1v) is 10.4. The maximum Gasteiger partial charge on any atom is 0.272 e. The zero-order valence-electron chi connectivity index (χ0n) is 16.8. The van der Waals surface area contributed by atoms with Crippen LogP contribution in [0, 0.1) is 0 Å². The van der Waals surface area contributed by atoms with E-state index in [4.69, 9.17) is 4.74 Å². The van der Waals surface area contributed by atoms with Gasteiger partial charge in [-0.25, -0.2) is 0 Å². The maximum absolute atomic E-state index is 13.2. The van der Waals surface area contributed by atoms with Gasteiger partial charge in [0.2, 0.25) is 0 Å². The van der Waals surface area contributed by atoms with Gasteiger partial charge in [0.15, 0.2) is 0 Å². The Morgan fingerprint density at radius 2 is 2.07 bits per heavy atom. The van der Waals surface area contributed by atoms with E-state index in [1.807, 2.05) is 35.2 Å². The van der Waals surface area contributed by atoms with Gasteiger partial charge >= 0.3 is 0 Å². The molecule has 0 radical (unpaired) electrons. The van der Waals surface area contributed by atoms with Gasteiger partial charge in [-0.05, 0) is 44.4 Å². The molecule has 1 spiro atoms. The van der Waals surface area contributed by atoms with Crippen molar-refractivity contribution >= 4 is 5.91 Å². The van der Waals surface area contributed by atoms with Crippen LogP contribution in [0.2, 0.25) is 0 Å². The minimum absolute atomic E-state index is 0.0239. The second kappa shape index (κ2) is 7.95. The van der Waals surface area contributed by atoms with Crippen molar-refractivity contribution in [2.75, 3.05) is 20.2 Å². The molecular weight excluding hydrogens is 352 g/mol. The Morgan fingerprint density at radius 3 is 2.82 bits per heavy atom. The average Bonchev–Trinajstić information content (AvgIpc) is 3.37. The number of likely N-dealkylation sites (N-methyl/N-ethyl adjacent to an activating group) is 1. The summed E-state index contributed by atoms with van der Waals surface area (Å²) in [7, 11) is 1.64. The molecule has 1 aliphatic carbocycles. The van der Waals surface area contributed by atoms with Gasteiger partial charge in [0.05, 0.1) is 12.8 Å². The smallest absolute Gasteiger partial charge is 0.272 e. The molecule has 4 rings (SSSR count). The van der Waals surface area contributed by atoms with Crippen molar-refractivity contribution in [1.82, 2.24) is 20.4 Å². The van der Waals surface area contributed by atoms with Crippen LogP contribution in [0.4, 0.5) is 0 Å². The molecule has 1 amide bonds. The van der Waals surface area contributed by atoms with Crippen molar-refractivity contribution in [3.63, 3.8) is 0 Å². The number of amides is 1. The number of para-hydroxylation sites is 1. The number of aromatic amines is 1. The summed E-state index contributed by atoms with van der Waals surface area (Å²) in [5, 5.41) is 11.1. The Hall–Kier alpha value is -2.34. The van der Waals surface area contributed by atoms with Gasteiger partial charge in [-0.15, -0.1) is 0 Å². The average molecular weight is 383 g/mol. The van der Waals surface area contributed by atoms with Gasteiger partial charge < -0.3 is 15.0 Å². The standard InChI is InChI=1S/C22H30N4O2/c1-3-26(16-14-22(23-15-16)11-7-4-8-12-22)21(27)19-13-18(24-25-19)17-9-5-6-10-20(17)28-2/h5-6,9-10,13,16,23H,3-4,7-8,11-12,14-15H2,1-2H3,(H,24,25). The van der Waals surface area contributed by atoms with Crippen molar-refractivity contribution in [2.24, 2.45) is 0 Å². The van der Waals surface area contributed by atoms with Crippen molar-refractivity contribution in [3.05, 3.63) is 36.0 Å². The SMILES string of the molecule is CCN(C(=O)c1cc(-c2ccccc2OC)n[nH]1)C1CNC2(CCCCC2)C1. The molecule has 1 atom stereocenters.